The Balaban J connectivity index is 2.05. The average Bonchev–Trinajstić information content (AvgIpc) is 2.79. The van der Waals surface area contributed by atoms with Crippen LogP contribution in [0.15, 0.2) is 22.7 Å². The third kappa shape index (κ3) is 3.09. The minimum atomic E-state index is 0.0524. The maximum Gasteiger partial charge on any atom is 0.251 e. The smallest absolute Gasteiger partial charge is 0.251 e. The number of hydrogen-bond acceptors (Lipinski definition) is 2. The van der Waals surface area contributed by atoms with E-state index in [1.165, 1.54) is 12.8 Å². The molecule has 1 fully saturated rings. The highest BCUT2D eigenvalue weighted by atomic mass is 79.9. The number of thioether (sulfide) groups is 1. The Morgan fingerprint density at radius 2 is 2.22 bits per heavy atom. The van der Waals surface area contributed by atoms with Crippen molar-refractivity contribution in [1.82, 2.24) is 5.32 Å². The van der Waals surface area contributed by atoms with Gasteiger partial charge in [0.25, 0.3) is 5.91 Å². The second-order valence-electron chi connectivity index (χ2n) is 4.75. The molecule has 0 aromatic heterocycles. The van der Waals surface area contributed by atoms with E-state index in [0.29, 0.717) is 11.3 Å². The molecular weight excluding hydrogens is 310 g/mol. The van der Waals surface area contributed by atoms with Gasteiger partial charge in [-0.05, 0) is 49.8 Å². The summed E-state index contributed by atoms with van der Waals surface area (Å²) in [5.74, 6) is 0.0524. The molecule has 2 atom stereocenters. The lowest BCUT2D eigenvalue weighted by Crippen LogP contribution is -2.38. The van der Waals surface area contributed by atoms with Crippen molar-refractivity contribution < 1.29 is 4.79 Å². The van der Waals surface area contributed by atoms with Gasteiger partial charge in [-0.2, -0.15) is 11.8 Å². The quantitative estimate of drug-likeness (QED) is 0.915. The van der Waals surface area contributed by atoms with Gasteiger partial charge in [-0.1, -0.05) is 22.4 Å². The van der Waals surface area contributed by atoms with E-state index in [2.05, 4.69) is 27.5 Å². The van der Waals surface area contributed by atoms with Crippen molar-refractivity contribution in [3.8, 4) is 0 Å². The molecule has 1 saturated carbocycles. The highest BCUT2D eigenvalue weighted by Gasteiger charge is 2.27. The molecule has 1 N–H and O–H groups in total. The fraction of sp³-hybridized carbons (Fsp3) is 0.500. The predicted octanol–water partition coefficient (Wildman–Crippen LogP) is 3.77. The third-order valence-corrected chi connectivity index (χ3v) is 5.55. The first-order valence-electron chi connectivity index (χ1n) is 6.21. The van der Waals surface area contributed by atoms with E-state index in [9.17, 15) is 4.79 Å². The lowest BCUT2D eigenvalue weighted by molar-refractivity contribution is 0.0938. The van der Waals surface area contributed by atoms with Crippen molar-refractivity contribution in [3.05, 3.63) is 33.8 Å². The highest BCUT2D eigenvalue weighted by molar-refractivity contribution is 9.10. The second-order valence-corrected chi connectivity index (χ2v) is 6.68. The van der Waals surface area contributed by atoms with E-state index in [1.807, 2.05) is 36.9 Å². The van der Waals surface area contributed by atoms with E-state index < -0.39 is 0 Å². The van der Waals surface area contributed by atoms with Gasteiger partial charge in [-0.25, -0.2) is 0 Å². The largest absolute Gasteiger partial charge is 0.348 e. The van der Waals surface area contributed by atoms with Crippen LogP contribution in [0, 0.1) is 6.92 Å². The first kappa shape index (κ1) is 13.9. The van der Waals surface area contributed by atoms with Crippen molar-refractivity contribution in [2.75, 3.05) is 6.26 Å². The minimum absolute atomic E-state index is 0.0524. The molecule has 1 aromatic rings. The molecule has 2 unspecified atom stereocenters. The Hall–Kier alpha value is -0.480. The second kappa shape index (κ2) is 6.11. The molecule has 4 heteroatoms. The van der Waals surface area contributed by atoms with Gasteiger partial charge >= 0.3 is 0 Å². The molecule has 18 heavy (non-hydrogen) atoms. The maximum atomic E-state index is 12.2. The van der Waals surface area contributed by atoms with E-state index in [1.54, 1.807) is 0 Å². The van der Waals surface area contributed by atoms with E-state index in [0.717, 1.165) is 22.0 Å². The van der Waals surface area contributed by atoms with Crippen molar-refractivity contribution in [1.29, 1.82) is 0 Å². The third-order valence-electron chi connectivity index (χ3n) is 3.49. The van der Waals surface area contributed by atoms with Gasteiger partial charge in [0.05, 0.1) is 0 Å². The first-order valence-corrected chi connectivity index (χ1v) is 8.29. The Kier molecular flexibility index (Phi) is 4.73. The van der Waals surface area contributed by atoms with E-state index >= 15 is 0 Å². The fourth-order valence-corrected chi connectivity index (χ4v) is 3.59. The van der Waals surface area contributed by atoms with Crippen LogP contribution in [0.2, 0.25) is 0 Å². The molecular formula is C14H18BrNOS. The molecule has 0 heterocycles. The first-order chi connectivity index (χ1) is 8.61. The molecule has 98 valence electrons. The summed E-state index contributed by atoms with van der Waals surface area (Å²) in [6.07, 6.45) is 5.66. The summed E-state index contributed by atoms with van der Waals surface area (Å²) >= 11 is 5.31. The predicted molar refractivity (Wildman–Crippen MR) is 81.3 cm³/mol. The van der Waals surface area contributed by atoms with Crippen molar-refractivity contribution in [2.24, 2.45) is 0 Å². The number of nitrogens with one attached hydrogen (secondary N) is 1. The Bertz CT molecular complexity index is 449. The zero-order valence-electron chi connectivity index (χ0n) is 10.7. The standard InChI is InChI=1S/C14H18BrNOS/c1-9-8-10(6-7-11(9)15)14(17)16-12-4-3-5-13(12)18-2/h6-8,12-13H,3-5H2,1-2H3,(H,16,17). The van der Waals surface area contributed by atoms with Crippen LogP contribution >= 0.6 is 27.7 Å². The molecule has 2 rings (SSSR count). The molecule has 0 saturated heterocycles. The van der Waals surface area contributed by atoms with Crippen LogP contribution in [0.4, 0.5) is 0 Å². The Morgan fingerprint density at radius 1 is 1.44 bits per heavy atom. The minimum Gasteiger partial charge on any atom is -0.348 e. The van der Waals surface area contributed by atoms with Crippen LogP contribution in [-0.2, 0) is 0 Å². The molecule has 1 aliphatic carbocycles. The monoisotopic (exact) mass is 327 g/mol. The van der Waals surface area contributed by atoms with Crippen LogP contribution in [0.5, 0.6) is 0 Å². The zero-order valence-corrected chi connectivity index (χ0v) is 13.1. The molecule has 0 radical (unpaired) electrons. The number of aryl methyl sites for hydroxylation is 1. The SMILES string of the molecule is CSC1CCCC1NC(=O)c1ccc(Br)c(C)c1. The van der Waals surface area contributed by atoms with Crippen LogP contribution in [0.3, 0.4) is 0 Å². The van der Waals surface area contributed by atoms with E-state index in [4.69, 9.17) is 0 Å². The number of carbonyl (C=O) groups excluding carboxylic acids is 1. The van der Waals surface area contributed by atoms with Gasteiger partial charge in [-0.15, -0.1) is 0 Å². The topological polar surface area (TPSA) is 29.1 Å². The molecule has 1 amide bonds. The number of hydrogen-bond donors (Lipinski definition) is 1. The van der Waals surface area contributed by atoms with Gasteiger partial charge in [0.1, 0.15) is 0 Å². The number of halogens is 1. The van der Waals surface area contributed by atoms with Gasteiger partial charge in [0, 0.05) is 21.3 Å². The number of amides is 1. The average molecular weight is 328 g/mol. The van der Waals surface area contributed by atoms with Crippen LogP contribution in [0.1, 0.15) is 35.2 Å². The van der Waals surface area contributed by atoms with Crippen molar-refractivity contribution >= 4 is 33.6 Å². The zero-order chi connectivity index (χ0) is 13.1. The fourth-order valence-electron chi connectivity index (χ4n) is 2.41. The Labute approximate surface area is 121 Å². The Morgan fingerprint density at radius 3 is 2.89 bits per heavy atom. The van der Waals surface area contributed by atoms with Crippen LogP contribution in [-0.4, -0.2) is 23.5 Å². The molecule has 0 spiro atoms. The molecule has 1 aromatic carbocycles. The van der Waals surface area contributed by atoms with Gasteiger partial charge < -0.3 is 5.32 Å². The highest BCUT2D eigenvalue weighted by Crippen LogP contribution is 2.28. The molecule has 1 aliphatic rings. The van der Waals surface area contributed by atoms with Crippen LogP contribution < -0.4 is 5.32 Å². The van der Waals surface area contributed by atoms with E-state index in [-0.39, 0.29) is 5.91 Å². The van der Waals surface area contributed by atoms with Gasteiger partial charge in [-0.3, -0.25) is 4.79 Å². The summed E-state index contributed by atoms with van der Waals surface area (Å²) in [5.41, 5.74) is 1.85. The van der Waals surface area contributed by atoms with Crippen LogP contribution in [0.25, 0.3) is 0 Å². The summed E-state index contributed by atoms with van der Waals surface area (Å²) in [7, 11) is 0. The molecule has 0 bridgehead atoms. The van der Waals surface area contributed by atoms with Crippen molar-refractivity contribution in [2.45, 2.75) is 37.5 Å². The van der Waals surface area contributed by atoms with Gasteiger partial charge in [0.2, 0.25) is 0 Å². The summed E-state index contributed by atoms with van der Waals surface area (Å²) in [6, 6.07) is 6.07. The number of benzene rings is 1. The van der Waals surface area contributed by atoms with Crippen molar-refractivity contribution in [3.63, 3.8) is 0 Å². The van der Waals surface area contributed by atoms with Gasteiger partial charge in [0.15, 0.2) is 0 Å². The normalized spacial score (nSPS) is 23.1. The summed E-state index contributed by atoms with van der Waals surface area (Å²) in [4.78, 5) is 12.2. The summed E-state index contributed by atoms with van der Waals surface area (Å²) in [6.45, 7) is 2.00. The number of carbonyl (C=O) groups is 1. The molecule has 0 aliphatic heterocycles. The summed E-state index contributed by atoms with van der Waals surface area (Å²) in [5, 5.41) is 3.74. The summed E-state index contributed by atoms with van der Waals surface area (Å²) < 4.78 is 1.04. The maximum absolute atomic E-state index is 12.2. The lowest BCUT2D eigenvalue weighted by atomic mass is 10.1. The molecule has 2 nitrogen and oxygen atoms in total. The lowest BCUT2D eigenvalue weighted by Gasteiger charge is -2.19. The number of rotatable bonds is 3.